The van der Waals surface area contributed by atoms with E-state index in [9.17, 15) is 18.0 Å². The van der Waals surface area contributed by atoms with E-state index in [4.69, 9.17) is 0 Å². The van der Waals surface area contributed by atoms with Gasteiger partial charge in [-0.3, -0.25) is 4.79 Å². The molecule has 1 aromatic rings. The van der Waals surface area contributed by atoms with Crippen LogP contribution in [0.1, 0.15) is 35.7 Å². The van der Waals surface area contributed by atoms with Crippen LogP contribution in [0.15, 0.2) is 24.3 Å². The molecule has 0 radical (unpaired) electrons. The van der Waals surface area contributed by atoms with Crippen LogP contribution < -0.4 is 0 Å². The molecule has 16 heavy (non-hydrogen) atoms. The number of rotatable bonds is 4. The van der Waals surface area contributed by atoms with Gasteiger partial charge in [-0.15, -0.1) is 0 Å². The average molecular weight is 230 g/mol. The number of Topliss-reactive ketones (excluding diaryl/α,β-unsaturated/α-hetero) is 1. The van der Waals surface area contributed by atoms with E-state index in [-0.39, 0.29) is 0 Å². The van der Waals surface area contributed by atoms with E-state index in [0.717, 1.165) is 12.0 Å². The minimum absolute atomic E-state index is 0.349. The van der Waals surface area contributed by atoms with Crippen molar-refractivity contribution in [3.8, 4) is 0 Å². The molecule has 0 saturated carbocycles. The number of hydrogen-bond donors (Lipinski definition) is 0. The normalized spacial score (nSPS) is 11.5. The molecule has 4 heteroatoms. The Morgan fingerprint density at radius 1 is 1.19 bits per heavy atom. The predicted molar refractivity (Wildman–Crippen MR) is 55.4 cm³/mol. The van der Waals surface area contributed by atoms with Crippen molar-refractivity contribution in [2.75, 3.05) is 0 Å². The molecule has 88 valence electrons. The smallest absolute Gasteiger partial charge is 0.294 e. The summed E-state index contributed by atoms with van der Waals surface area (Å²) in [5.41, 5.74) is 1.41. The highest BCUT2D eigenvalue weighted by atomic mass is 19.4. The van der Waals surface area contributed by atoms with Gasteiger partial charge in [0.25, 0.3) is 0 Å². The molecule has 0 bridgehead atoms. The molecule has 0 aliphatic rings. The minimum Gasteiger partial charge on any atom is -0.294 e. The second-order valence-corrected chi connectivity index (χ2v) is 3.59. The maximum Gasteiger partial charge on any atom is 0.389 e. The van der Waals surface area contributed by atoms with Gasteiger partial charge in [0, 0.05) is 12.0 Å². The molecule has 1 rings (SSSR count). The number of aryl methyl sites for hydroxylation is 1. The zero-order chi connectivity index (χ0) is 12.2. The second kappa shape index (κ2) is 5.14. The number of ketones is 1. The van der Waals surface area contributed by atoms with Gasteiger partial charge in [0.1, 0.15) is 0 Å². The fourth-order valence-electron chi connectivity index (χ4n) is 1.33. The molecule has 0 saturated heterocycles. The summed E-state index contributed by atoms with van der Waals surface area (Å²) in [5, 5.41) is 0. The van der Waals surface area contributed by atoms with Gasteiger partial charge in [0.15, 0.2) is 5.78 Å². The third kappa shape index (κ3) is 4.04. The lowest BCUT2D eigenvalue weighted by atomic mass is 10.0. The van der Waals surface area contributed by atoms with Crippen LogP contribution in [0.5, 0.6) is 0 Å². The quantitative estimate of drug-likeness (QED) is 0.719. The van der Waals surface area contributed by atoms with Gasteiger partial charge in [-0.2, -0.15) is 13.2 Å². The first kappa shape index (κ1) is 12.7. The summed E-state index contributed by atoms with van der Waals surface area (Å²) in [6.45, 7) is 1.97. The first-order valence-electron chi connectivity index (χ1n) is 5.11. The first-order chi connectivity index (χ1) is 7.42. The zero-order valence-corrected chi connectivity index (χ0v) is 8.97. The van der Waals surface area contributed by atoms with Crippen molar-refractivity contribution in [2.45, 2.75) is 32.4 Å². The summed E-state index contributed by atoms with van der Waals surface area (Å²) in [4.78, 5) is 11.4. The van der Waals surface area contributed by atoms with Crippen LogP contribution >= 0.6 is 0 Å². The number of carbonyl (C=O) groups excluding carboxylic acids is 1. The molecule has 1 aromatic carbocycles. The number of alkyl halides is 3. The molecule has 0 aliphatic carbocycles. The van der Waals surface area contributed by atoms with Crippen molar-refractivity contribution in [3.05, 3.63) is 35.4 Å². The van der Waals surface area contributed by atoms with Gasteiger partial charge in [-0.05, 0) is 12.0 Å². The van der Waals surface area contributed by atoms with Crippen molar-refractivity contribution >= 4 is 5.78 Å². The number of hydrogen-bond acceptors (Lipinski definition) is 1. The van der Waals surface area contributed by atoms with Crippen LogP contribution in [0.3, 0.4) is 0 Å². The van der Waals surface area contributed by atoms with Crippen molar-refractivity contribution in [3.63, 3.8) is 0 Å². The minimum atomic E-state index is -4.26. The van der Waals surface area contributed by atoms with Crippen LogP contribution in [0.4, 0.5) is 13.2 Å². The van der Waals surface area contributed by atoms with Crippen molar-refractivity contribution in [1.82, 2.24) is 0 Å². The maximum atomic E-state index is 11.9. The van der Waals surface area contributed by atoms with Crippen LogP contribution in [0, 0.1) is 0 Å². The molecule has 0 heterocycles. The molecule has 0 atom stereocenters. The third-order valence-corrected chi connectivity index (χ3v) is 2.32. The van der Waals surface area contributed by atoms with Crippen molar-refractivity contribution in [1.29, 1.82) is 0 Å². The standard InChI is InChI=1S/C12H13F3O/c1-2-9-3-5-10(6-4-9)11(16)7-8-12(13,14)15/h3-6H,2,7-8H2,1H3. The number of halogens is 3. The van der Waals surface area contributed by atoms with E-state index in [0.29, 0.717) is 5.56 Å². The molecule has 0 unspecified atom stereocenters. The van der Waals surface area contributed by atoms with Crippen molar-refractivity contribution in [2.24, 2.45) is 0 Å². The monoisotopic (exact) mass is 230 g/mol. The lowest BCUT2D eigenvalue weighted by Gasteiger charge is -2.05. The molecule has 1 nitrogen and oxygen atoms in total. The van der Waals surface area contributed by atoms with E-state index in [1.54, 1.807) is 24.3 Å². The van der Waals surface area contributed by atoms with Crippen LogP contribution in [-0.2, 0) is 6.42 Å². The molecule has 0 amide bonds. The summed E-state index contributed by atoms with van der Waals surface area (Å²) >= 11 is 0. The molecular formula is C12H13F3O. The third-order valence-electron chi connectivity index (χ3n) is 2.32. The summed E-state index contributed by atoms with van der Waals surface area (Å²) in [7, 11) is 0. The molecule has 0 spiro atoms. The predicted octanol–water partition coefficient (Wildman–Crippen LogP) is 3.77. The summed E-state index contributed by atoms with van der Waals surface area (Å²) in [6.07, 6.45) is -4.95. The molecule has 0 aromatic heterocycles. The number of carbonyl (C=O) groups is 1. The topological polar surface area (TPSA) is 17.1 Å². The summed E-state index contributed by atoms with van der Waals surface area (Å²) in [6, 6.07) is 6.69. The van der Waals surface area contributed by atoms with Gasteiger partial charge in [-0.1, -0.05) is 31.2 Å². The molecule has 0 aliphatic heterocycles. The first-order valence-corrected chi connectivity index (χ1v) is 5.11. The lowest BCUT2D eigenvalue weighted by molar-refractivity contribution is -0.133. The van der Waals surface area contributed by atoms with E-state index >= 15 is 0 Å². The SMILES string of the molecule is CCc1ccc(C(=O)CCC(F)(F)F)cc1. The maximum absolute atomic E-state index is 11.9. The Morgan fingerprint density at radius 3 is 2.19 bits per heavy atom. The average Bonchev–Trinajstić information content (AvgIpc) is 2.25. The summed E-state index contributed by atoms with van der Waals surface area (Å²) < 4.78 is 35.7. The van der Waals surface area contributed by atoms with Gasteiger partial charge in [0.05, 0.1) is 6.42 Å². The van der Waals surface area contributed by atoms with Gasteiger partial charge < -0.3 is 0 Å². The van der Waals surface area contributed by atoms with Gasteiger partial charge >= 0.3 is 6.18 Å². The van der Waals surface area contributed by atoms with Crippen LogP contribution in [-0.4, -0.2) is 12.0 Å². The Morgan fingerprint density at radius 2 is 1.75 bits per heavy atom. The zero-order valence-electron chi connectivity index (χ0n) is 8.97. The molecule has 0 N–H and O–H groups in total. The van der Waals surface area contributed by atoms with E-state index in [1.807, 2.05) is 6.92 Å². The summed E-state index contributed by atoms with van der Waals surface area (Å²) in [5.74, 6) is -0.458. The Labute approximate surface area is 92.3 Å². The Hall–Kier alpha value is -1.32. The van der Waals surface area contributed by atoms with E-state index in [2.05, 4.69) is 0 Å². The van der Waals surface area contributed by atoms with Crippen molar-refractivity contribution < 1.29 is 18.0 Å². The highest BCUT2D eigenvalue weighted by Gasteiger charge is 2.27. The number of benzene rings is 1. The van der Waals surface area contributed by atoms with Gasteiger partial charge in [0.2, 0.25) is 0 Å². The van der Waals surface area contributed by atoms with Crippen LogP contribution in [0.25, 0.3) is 0 Å². The van der Waals surface area contributed by atoms with E-state index < -0.39 is 24.8 Å². The second-order valence-electron chi connectivity index (χ2n) is 3.59. The molecule has 0 fully saturated rings. The Bertz CT molecular complexity index is 352. The fourth-order valence-corrected chi connectivity index (χ4v) is 1.33. The van der Waals surface area contributed by atoms with E-state index in [1.165, 1.54) is 0 Å². The van der Waals surface area contributed by atoms with Crippen LogP contribution in [0.2, 0.25) is 0 Å². The highest BCUT2D eigenvalue weighted by molar-refractivity contribution is 5.96. The largest absolute Gasteiger partial charge is 0.389 e. The lowest BCUT2D eigenvalue weighted by Crippen LogP contribution is -2.10. The highest BCUT2D eigenvalue weighted by Crippen LogP contribution is 2.22. The Kier molecular flexibility index (Phi) is 4.10. The van der Waals surface area contributed by atoms with Gasteiger partial charge in [-0.25, -0.2) is 0 Å². The fraction of sp³-hybridized carbons (Fsp3) is 0.417. The molecular weight excluding hydrogens is 217 g/mol. The Balaban J connectivity index is 2.59.